The van der Waals surface area contributed by atoms with E-state index < -0.39 is 5.54 Å². The van der Waals surface area contributed by atoms with Gasteiger partial charge in [-0.05, 0) is 41.1 Å². The summed E-state index contributed by atoms with van der Waals surface area (Å²) in [5, 5.41) is 5.12. The number of urea groups is 1. The smallest absolute Gasteiger partial charge is 0.328 e. The van der Waals surface area contributed by atoms with Crippen molar-refractivity contribution in [2.75, 3.05) is 83.9 Å². The highest BCUT2D eigenvalue weighted by molar-refractivity contribution is 6.09. The van der Waals surface area contributed by atoms with E-state index in [-0.39, 0.29) is 29.8 Å². The summed E-state index contributed by atoms with van der Waals surface area (Å²) in [4.78, 5) is 51.1. The number of carbonyl (C=O) groups is 3. The number of morpholine rings is 1. The number of imide groups is 1. The number of benzene rings is 3. The number of fused-ring (bicyclic) bond motifs is 1. The van der Waals surface area contributed by atoms with Gasteiger partial charge < -0.3 is 24.6 Å². The van der Waals surface area contributed by atoms with Crippen molar-refractivity contribution in [3.8, 4) is 5.75 Å². The molecule has 1 N–H and O–H groups in total. The second kappa shape index (κ2) is 12.4. The topological polar surface area (TPSA) is 97.9 Å². The van der Waals surface area contributed by atoms with Gasteiger partial charge in [-0.15, -0.1) is 0 Å². The molecule has 3 aromatic rings. The minimum absolute atomic E-state index is 0.0160. The van der Waals surface area contributed by atoms with Gasteiger partial charge in [0.2, 0.25) is 5.91 Å². The first-order valence-corrected chi connectivity index (χ1v) is 16.5. The largest absolute Gasteiger partial charge is 0.495 e. The average Bonchev–Trinajstić information content (AvgIpc) is 3.63. The van der Waals surface area contributed by atoms with E-state index in [4.69, 9.17) is 9.47 Å². The lowest BCUT2D eigenvalue weighted by molar-refractivity contribution is -0.133. The SMILES string of the molecule is COc1ccc(CN2C[C@H]3C[C@@H](c4ccc(N(C)C)c5ccccc45)N4C(=O)N(CCN5CCOCC5)C(=O)C34C2)cc1NC(C)=O. The number of nitrogens with one attached hydrogen (secondary N) is 1. The molecule has 248 valence electrons. The van der Waals surface area contributed by atoms with Crippen LogP contribution in [-0.4, -0.2) is 117 Å². The number of amides is 4. The summed E-state index contributed by atoms with van der Waals surface area (Å²) < 4.78 is 11.0. The van der Waals surface area contributed by atoms with Crippen LogP contribution in [0.2, 0.25) is 0 Å². The molecule has 4 fully saturated rings. The Morgan fingerprint density at radius 3 is 2.51 bits per heavy atom. The van der Waals surface area contributed by atoms with Gasteiger partial charge in [0, 0.05) is 83.8 Å². The normalized spacial score (nSPS) is 24.6. The molecular weight excluding hydrogens is 596 g/mol. The Morgan fingerprint density at radius 2 is 1.79 bits per heavy atom. The van der Waals surface area contributed by atoms with Crippen molar-refractivity contribution in [2.24, 2.45) is 5.92 Å². The molecule has 4 saturated heterocycles. The van der Waals surface area contributed by atoms with Crippen molar-refractivity contribution >= 4 is 40.0 Å². The molecule has 4 aliphatic heterocycles. The molecule has 0 aliphatic carbocycles. The highest BCUT2D eigenvalue weighted by Gasteiger charge is 2.70. The van der Waals surface area contributed by atoms with E-state index in [0.29, 0.717) is 57.4 Å². The second-order valence-electron chi connectivity index (χ2n) is 13.4. The molecule has 4 aliphatic rings. The summed E-state index contributed by atoms with van der Waals surface area (Å²) in [7, 11) is 5.67. The maximum atomic E-state index is 14.6. The molecule has 3 aromatic carbocycles. The van der Waals surface area contributed by atoms with Gasteiger partial charge in [0.1, 0.15) is 11.3 Å². The van der Waals surface area contributed by atoms with Crippen LogP contribution in [-0.2, 0) is 20.9 Å². The number of likely N-dealkylation sites (tertiary alicyclic amines) is 1. The highest BCUT2D eigenvalue weighted by Crippen LogP contribution is 2.56. The van der Waals surface area contributed by atoms with E-state index in [9.17, 15) is 14.4 Å². The number of hydrogen-bond donors (Lipinski definition) is 1. The van der Waals surface area contributed by atoms with Crippen LogP contribution in [0.1, 0.15) is 30.5 Å². The highest BCUT2D eigenvalue weighted by atomic mass is 16.5. The Balaban J connectivity index is 1.22. The molecule has 7 rings (SSSR count). The standard InChI is InChI=1S/C36H44N6O5/c1-24(43)37-30-19-25(9-12-33(30)46-4)21-40-22-26-20-32(29-10-11-31(38(2)3)28-8-6-5-7-27(28)29)42-35(45)41(34(44)36(26,42)23-40)14-13-39-15-17-47-18-16-39/h5-12,19,26,32H,13-18,20-23H2,1-4H3,(H,37,43)/t26-,32+,36?/m1/s1. The minimum atomic E-state index is -0.930. The number of anilines is 2. The third kappa shape index (κ3) is 5.40. The fourth-order valence-corrected chi connectivity index (χ4v) is 8.33. The molecular formula is C36H44N6O5. The maximum absolute atomic E-state index is 14.6. The Bertz CT molecular complexity index is 1710. The van der Waals surface area contributed by atoms with Crippen molar-refractivity contribution in [2.45, 2.75) is 31.5 Å². The molecule has 47 heavy (non-hydrogen) atoms. The van der Waals surface area contributed by atoms with Crippen LogP contribution in [0, 0.1) is 5.92 Å². The van der Waals surface area contributed by atoms with Crippen molar-refractivity contribution in [3.63, 3.8) is 0 Å². The zero-order valence-electron chi connectivity index (χ0n) is 27.7. The first-order valence-electron chi connectivity index (χ1n) is 16.5. The van der Waals surface area contributed by atoms with E-state index in [1.165, 1.54) is 11.8 Å². The van der Waals surface area contributed by atoms with Crippen LogP contribution in [0.5, 0.6) is 5.75 Å². The molecule has 3 atom stereocenters. The van der Waals surface area contributed by atoms with Crippen LogP contribution in [0.15, 0.2) is 54.6 Å². The Hall–Kier alpha value is -4.19. The van der Waals surface area contributed by atoms with E-state index in [0.717, 1.165) is 47.1 Å². The van der Waals surface area contributed by atoms with E-state index >= 15 is 0 Å². The van der Waals surface area contributed by atoms with Gasteiger partial charge in [-0.2, -0.15) is 0 Å². The number of nitrogens with zero attached hydrogens (tertiary/aromatic N) is 5. The maximum Gasteiger partial charge on any atom is 0.328 e. The van der Waals surface area contributed by atoms with Crippen LogP contribution in [0.4, 0.5) is 16.2 Å². The molecule has 4 amide bonds. The van der Waals surface area contributed by atoms with Crippen molar-refractivity contribution in [1.82, 2.24) is 19.6 Å². The van der Waals surface area contributed by atoms with Crippen LogP contribution >= 0.6 is 0 Å². The lowest BCUT2D eigenvalue weighted by Gasteiger charge is -2.33. The number of carbonyl (C=O) groups excluding carboxylic acids is 3. The quantitative estimate of drug-likeness (QED) is 0.353. The van der Waals surface area contributed by atoms with Crippen molar-refractivity contribution in [1.29, 1.82) is 0 Å². The predicted octanol–water partition coefficient (Wildman–Crippen LogP) is 3.78. The lowest BCUT2D eigenvalue weighted by atomic mass is 9.87. The summed E-state index contributed by atoms with van der Waals surface area (Å²) in [6.45, 7) is 7.17. The number of hydrogen-bond acceptors (Lipinski definition) is 8. The van der Waals surface area contributed by atoms with Crippen LogP contribution in [0.25, 0.3) is 10.8 Å². The van der Waals surface area contributed by atoms with Gasteiger partial charge in [-0.3, -0.25) is 24.3 Å². The molecule has 11 nitrogen and oxygen atoms in total. The Kier molecular flexibility index (Phi) is 8.32. The molecule has 0 bridgehead atoms. The molecule has 4 heterocycles. The van der Waals surface area contributed by atoms with Gasteiger partial charge in [0.25, 0.3) is 5.91 Å². The zero-order chi connectivity index (χ0) is 32.9. The predicted molar refractivity (Wildman–Crippen MR) is 181 cm³/mol. The summed E-state index contributed by atoms with van der Waals surface area (Å²) >= 11 is 0. The molecule has 1 unspecified atom stereocenters. The minimum Gasteiger partial charge on any atom is -0.495 e. The summed E-state index contributed by atoms with van der Waals surface area (Å²) in [6, 6.07) is 18.1. The Labute approximate surface area is 276 Å². The van der Waals surface area contributed by atoms with Gasteiger partial charge in [0.15, 0.2) is 0 Å². The third-order valence-corrected chi connectivity index (χ3v) is 10.4. The van der Waals surface area contributed by atoms with Gasteiger partial charge >= 0.3 is 6.03 Å². The van der Waals surface area contributed by atoms with Crippen LogP contribution in [0.3, 0.4) is 0 Å². The first-order chi connectivity index (χ1) is 22.7. The summed E-state index contributed by atoms with van der Waals surface area (Å²) in [6.07, 6.45) is 0.719. The number of rotatable bonds is 9. The van der Waals surface area contributed by atoms with E-state index in [1.54, 1.807) is 7.11 Å². The van der Waals surface area contributed by atoms with Gasteiger partial charge in [0.05, 0.1) is 32.1 Å². The van der Waals surface area contributed by atoms with E-state index in [2.05, 4.69) is 50.3 Å². The number of ether oxygens (including phenoxy) is 2. The molecule has 1 spiro atoms. The third-order valence-electron chi connectivity index (χ3n) is 10.4. The van der Waals surface area contributed by atoms with Crippen LogP contribution < -0.4 is 15.0 Å². The molecule has 0 aromatic heterocycles. The fourth-order valence-electron chi connectivity index (χ4n) is 8.33. The lowest BCUT2D eigenvalue weighted by Crippen LogP contribution is -2.51. The molecule has 11 heteroatoms. The fraction of sp³-hybridized carbons (Fsp3) is 0.472. The summed E-state index contributed by atoms with van der Waals surface area (Å²) in [5.74, 6) is 0.330. The first kappa shape index (κ1) is 31.4. The van der Waals surface area contributed by atoms with Gasteiger partial charge in [-0.1, -0.05) is 36.4 Å². The van der Waals surface area contributed by atoms with Gasteiger partial charge in [-0.25, -0.2) is 4.79 Å². The van der Waals surface area contributed by atoms with E-state index in [1.807, 2.05) is 43.3 Å². The zero-order valence-corrected chi connectivity index (χ0v) is 27.7. The number of methoxy groups -OCH3 is 1. The summed E-state index contributed by atoms with van der Waals surface area (Å²) in [5.41, 5.74) is 2.91. The molecule has 0 saturated carbocycles. The Morgan fingerprint density at radius 1 is 1.02 bits per heavy atom. The molecule has 0 radical (unpaired) electrons. The monoisotopic (exact) mass is 640 g/mol. The average molecular weight is 641 g/mol. The van der Waals surface area contributed by atoms with Crippen molar-refractivity contribution in [3.05, 3.63) is 65.7 Å². The second-order valence-corrected chi connectivity index (χ2v) is 13.4. The van der Waals surface area contributed by atoms with Crippen molar-refractivity contribution < 1.29 is 23.9 Å².